The molecule has 2 aromatic rings. The lowest BCUT2D eigenvalue weighted by Crippen LogP contribution is -2.24. The number of anilines is 1. The Labute approximate surface area is 170 Å². The Bertz CT molecular complexity index is 839. The second-order valence-electron chi connectivity index (χ2n) is 6.56. The SMILES string of the molecule is CCCCCCNC(=O)c1cc(Cl)c2c(NC(=O)OCCC)cccc2c1O. The van der Waals surface area contributed by atoms with Crippen LogP contribution in [0.25, 0.3) is 10.8 Å². The van der Waals surface area contributed by atoms with Crippen molar-refractivity contribution >= 4 is 40.1 Å². The maximum Gasteiger partial charge on any atom is 0.411 e. The van der Waals surface area contributed by atoms with E-state index in [9.17, 15) is 14.7 Å². The number of ether oxygens (including phenoxy) is 1. The first-order valence-corrected chi connectivity index (χ1v) is 10.0. The van der Waals surface area contributed by atoms with Crippen LogP contribution in [-0.2, 0) is 4.74 Å². The summed E-state index contributed by atoms with van der Waals surface area (Å²) >= 11 is 6.39. The predicted molar refractivity (Wildman–Crippen MR) is 112 cm³/mol. The summed E-state index contributed by atoms with van der Waals surface area (Å²) in [7, 11) is 0. The van der Waals surface area contributed by atoms with Crippen molar-refractivity contribution in [2.24, 2.45) is 0 Å². The summed E-state index contributed by atoms with van der Waals surface area (Å²) in [4.78, 5) is 24.3. The zero-order valence-corrected chi connectivity index (χ0v) is 17.1. The summed E-state index contributed by atoms with van der Waals surface area (Å²) in [6.07, 6.45) is 4.29. The van der Waals surface area contributed by atoms with Crippen LogP contribution in [0.3, 0.4) is 0 Å². The lowest BCUT2D eigenvalue weighted by Gasteiger charge is -2.14. The van der Waals surface area contributed by atoms with E-state index in [1.165, 1.54) is 6.07 Å². The second-order valence-corrected chi connectivity index (χ2v) is 6.97. The fourth-order valence-electron chi connectivity index (χ4n) is 2.89. The summed E-state index contributed by atoms with van der Waals surface area (Å²) in [5.74, 6) is -0.547. The highest BCUT2D eigenvalue weighted by Gasteiger charge is 2.19. The van der Waals surface area contributed by atoms with Gasteiger partial charge in [-0.1, -0.05) is 56.8 Å². The van der Waals surface area contributed by atoms with Gasteiger partial charge in [0.05, 0.1) is 22.9 Å². The van der Waals surface area contributed by atoms with E-state index in [4.69, 9.17) is 16.3 Å². The molecule has 0 heterocycles. The van der Waals surface area contributed by atoms with Crippen LogP contribution in [0.15, 0.2) is 24.3 Å². The molecular weight excluding hydrogens is 380 g/mol. The highest BCUT2D eigenvalue weighted by Crippen LogP contribution is 2.38. The van der Waals surface area contributed by atoms with Crippen molar-refractivity contribution in [2.45, 2.75) is 46.0 Å². The van der Waals surface area contributed by atoms with Gasteiger partial charge >= 0.3 is 6.09 Å². The number of nitrogens with one attached hydrogen (secondary N) is 2. The van der Waals surface area contributed by atoms with Crippen molar-refractivity contribution in [3.05, 3.63) is 34.9 Å². The van der Waals surface area contributed by atoms with Gasteiger partial charge in [0.15, 0.2) is 0 Å². The summed E-state index contributed by atoms with van der Waals surface area (Å²) < 4.78 is 5.03. The maximum absolute atomic E-state index is 12.5. The van der Waals surface area contributed by atoms with E-state index < -0.39 is 6.09 Å². The van der Waals surface area contributed by atoms with E-state index in [-0.39, 0.29) is 22.2 Å². The van der Waals surface area contributed by atoms with Gasteiger partial charge in [0, 0.05) is 17.3 Å². The van der Waals surface area contributed by atoms with Gasteiger partial charge in [0.2, 0.25) is 0 Å². The third kappa shape index (κ3) is 5.52. The molecule has 0 aliphatic heterocycles. The minimum Gasteiger partial charge on any atom is -0.506 e. The molecule has 0 bridgehead atoms. The Morgan fingerprint density at radius 1 is 1.14 bits per heavy atom. The number of carbonyl (C=O) groups excluding carboxylic acids is 2. The lowest BCUT2D eigenvalue weighted by molar-refractivity contribution is 0.0950. The van der Waals surface area contributed by atoms with E-state index in [0.29, 0.717) is 36.0 Å². The third-order valence-electron chi connectivity index (χ3n) is 4.32. The molecule has 7 heteroatoms. The lowest BCUT2D eigenvalue weighted by atomic mass is 10.0. The maximum atomic E-state index is 12.5. The molecular formula is C21H27ClN2O4. The zero-order chi connectivity index (χ0) is 20.5. The molecule has 0 fully saturated rings. The monoisotopic (exact) mass is 406 g/mol. The Kier molecular flexibility index (Phi) is 8.39. The fraction of sp³-hybridized carbons (Fsp3) is 0.429. The number of phenols is 1. The molecule has 0 radical (unpaired) electrons. The molecule has 0 atom stereocenters. The number of fused-ring (bicyclic) bond motifs is 1. The quantitative estimate of drug-likeness (QED) is 0.482. The first-order valence-electron chi connectivity index (χ1n) is 9.65. The zero-order valence-electron chi connectivity index (χ0n) is 16.3. The standard InChI is InChI=1S/C21H27ClN2O4/c1-3-5-6-7-11-23-20(26)15-13-16(22)18-14(19(15)25)9-8-10-17(18)24-21(27)28-12-4-2/h8-10,13,25H,3-7,11-12H2,1-2H3,(H,23,26)(H,24,27). The van der Waals surface area contributed by atoms with Gasteiger partial charge in [0.25, 0.3) is 5.91 Å². The molecule has 6 nitrogen and oxygen atoms in total. The molecule has 2 rings (SSSR count). The Morgan fingerprint density at radius 3 is 2.64 bits per heavy atom. The third-order valence-corrected chi connectivity index (χ3v) is 4.62. The van der Waals surface area contributed by atoms with Gasteiger partial charge in [-0.15, -0.1) is 0 Å². The highest BCUT2D eigenvalue weighted by molar-refractivity contribution is 6.38. The van der Waals surface area contributed by atoms with Crippen molar-refractivity contribution in [3.8, 4) is 5.75 Å². The summed E-state index contributed by atoms with van der Waals surface area (Å²) in [5.41, 5.74) is 0.518. The van der Waals surface area contributed by atoms with Crippen molar-refractivity contribution in [1.82, 2.24) is 5.32 Å². The predicted octanol–water partition coefficient (Wildman–Crippen LogP) is 5.47. The van der Waals surface area contributed by atoms with Gasteiger partial charge in [-0.2, -0.15) is 0 Å². The molecule has 152 valence electrons. The molecule has 2 aromatic carbocycles. The van der Waals surface area contributed by atoms with E-state index in [0.717, 1.165) is 25.7 Å². The van der Waals surface area contributed by atoms with Crippen LogP contribution in [0.4, 0.5) is 10.5 Å². The molecule has 0 saturated carbocycles. The van der Waals surface area contributed by atoms with Crippen LogP contribution in [0, 0.1) is 0 Å². The van der Waals surface area contributed by atoms with Crippen LogP contribution in [0.2, 0.25) is 5.02 Å². The molecule has 3 N–H and O–H groups in total. The number of halogens is 1. The van der Waals surface area contributed by atoms with Crippen LogP contribution in [0.5, 0.6) is 5.75 Å². The number of unbranched alkanes of at least 4 members (excludes halogenated alkanes) is 3. The van der Waals surface area contributed by atoms with Crippen molar-refractivity contribution in [2.75, 3.05) is 18.5 Å². The number of phenolic OH excluding ortho intramolecular Hbond substituents is 1. The molecule has 2 amide bonds. The minimum absolute atomic E-state index is 0.110. The van der Waals surface area contributed by atoms with Crippen LogP contribution >= 0.6 is 11.6 Å². The minimum atomic E-state index is -0.598. The number of carbonyl (C=O) groups is 2. The molecule has 0 aromatic heterocycles. The van der Waals surface area contributed by atoms with E-state index in [1.807, 2.05) is 6.92 Å². The van der Waals surface area contributed by atoms with Gasteiger partial charge < -0.3 is 15.2 Å². The number of rotatable bonds is 9. The molecule has 0 saturated heterocycles. The summed E-state index contributed by atoms with van der Waals surface area (Å²) in [6, 6.07) is 6.40. The fourth-order valence-corrected chi connectivity index (χ4v) is 3.20. The van der Waals surface area contributed by atoms with Crippen LogP contribution in [-0.4, -0.2) is 30.3 Å². The van der Waals surface area contributed by atoms with E-state index in [1.54, 1.807) is 18.2 Å². The van der Waals surface area contributed by atoms with Gasteiger partial charge in [-0.05, 0) is 25.0 Å². The Morgan fingerprint density at radius 2 is 1.93 bits per heavy atom. The van der Waals surface area contributed by atoms with Crippen LogP contribution in [0.1, 0.15) is 56.3 Å². The van der Waals surface area contributed by atoms with Gasteiger partial charge in [-0.3, -0.25) is 10.1 Å². The number of hydrogen-bond donors (Lipinski definition) is 3. The molecule has 0 unspecified atom stereocenters. The Balaban J connectivity index is 2.24. The van der Waals surface area contributed by atoms with Gasteiger partial charge in [0.1, 0.15) is 5.75 Å². The summed E-state index contributed by atoms with van der Waals surface area (Å²) in [5, 5.41) is 17.2. The molecule has 28 heavy (non-hydrogen) atoms. The molecule has 0 aliphatic carbocycles. The average Bonchev–Trinajstić information content (AvgIpc) is 2.68. The number of aromatic hydroxyl groups is 1. The van der Waals surface area contributed by atoms with Gasteiger partial charge in [-0.25, -0.2) is 4.79 Å². The van der Waals surface area contributed by atoms with E-state index >= 15 is 0 Å². The van der Waals surface area contributed by atoms with Crippen molar-refractivity contribution in [3.63, 3.8) is 0 Å². The first-order chi connectivity index (χ1) is 13.5. The van der Waals surface area contributed by atoms with Crippen molar-refractivity contribution < 1.29 is 19.4 Å². The number of benzene rings is 2. The van der Waals surface area contributed by atoms with Crippen LogP contribution < -0.4 is 10.6 Å². The number of hydrogen-bond acceptors (Lipinski definition) is 4. The molecule has 0 spiro atoms. The number of amides is 2. The first kappa shape index (κ1) is 21.8. The summed E-state index contributed by atoms with van der Waals surface area (Å²) in [6.45, 7) is 4.87. The molecule has 0 aliphatic rings. The largest absolute Gasteiger partial charge is 0.506 e. The topological polar surface area (TPSA) is 87.7 Å². The highest BCUT2D eigenvalue weighted by atomic mass is 35.5. The average molecular weight is 407 g/mol. The smallest absolute Gasteiger partial charge is 0.411 e. The Hall–Kier alpha value is -2.47. The second kappa shape index (κ2) is 10.8. The van der Waals surface area contributed by atoms with Crippen molar-refractivity contribution in [1.29, 1.82) is 0 Å². The van der Waals surface area contributed by atoms with E-state index in [2.05, 4.69) is 17.6 Å². The normalized spacial score (nSPS) is 10.7.